The molecule has 0 heterocycles. The third kappa shape index (κ3) is 7.76. The third-order valence-electron chi connectivity index (χ3n) is 2.13. The largest absolute Gasteiger partial charge is 0.444 e. The highest BCUT2D eigenvalue weighted by Crippen LogP contribution is 2.07. The van der Waals surface area contributed by atoms with E-state index < -0.39 is 11.7 Å². The van der Waals surface area contributed by atoms with Crippen LogP contribution in [0.1, 0.15) is 27.7 Å². The number of alkyl carbamates (subject to hydrolysis) is 1. The fraction of sp³-hybridized carbons (Fsp3) is 0.750. The van der Waals surface area contributed by atoms with Crippen molar-refractivity contribution < 1.29 is 9.53 Å². The Hall–Kier alpha value is -1.07. The predicted molar refractivity (Wildman–Crippen MR) is 69.9 cm³/mol. The summed E-state index contributed by atoms with van der Waals surface area (Å²) in [5, 5.41) is 5.93. The topological polar surface area (TPSA) is 76.4 Å². The normalized spacial score (nSPS) is 14.9. The molecule has 0 fully saturated rings. The second-order valence-electron chi connectivity index (χ2n) is 4.97. The van der Waals surface area contributed by atoms with Crippen LogP contribution in [0.3, 0.4) is 0 Å². The monoisotopic (exact) mass is 243 g/mol. The van der Waals surface area contributed by atoms with E-state index in [2.05, 4.69) is 17.2 Å². The van der Waals surface area contributed by atoms with Crippen molar-refractivity contribution in [3.05, 3.63) is 12.7 Å². The van der Waals surface area contributed by atoms with E-state index in [0.29, 0.717) is 13.1 Å². The average Bonchev–Trinajstić information content (AvgIpc) is 2.15. The van der Waals surface area contributed by atoms with Crippen molar-refractivity contribution in [2.24, 2.45) is 5.73 Å². The third-order valence-corrected chi connectivity index (χ3v) is 2.13. The summed E-state index contributed by atoms with van der Waals surface area (Å²) in [4.78, 5) is 11.5. The van der Waals surface area contributed by atoms with Gasteiger partial charge in [-0.15, -0.1) is 6.58 Å². The van der Waals surface area contributed by atoms with Crippen LogP contribution in [0.4, 0.5) is 4.79 Å². The molecule has 2 unspecified atom stereocenters. The lowest BCUT2D eigenvalue weighted by molar-refractivity contribution is 0.0499. The number of hydrogen-bond donors (Lipinski definition) is 3. The molecule has 0 aromatic heterocycles. The number of carbonyl (C=O) groups excluding carboxylic acids is 1. The zero-order chi connectivity index (χ0) is 13.5. The summed E-state index contributed by atoms with van der Waals surface area (Å²) in [7, 11) is 0. The molecule has 5 nitrogen and oxygen atoms in total. The molecule has 4 N–H and O–H groups in total. The molecule has 0 aliphatic heterocycles. The van der Waals surface area contributed by atoms with Crippen LogP contribution in [-0.2, 0) is 4.74 Å². The predicted octanol–water partition coefficient (Wildman–Crippen LogP) is 1.00. The Balaban J connectivity index is 4.16. The lowest BCUT2D eigenvalue weighted by Gasteiger charge is -2.26. The van der Waals surface area contributed by atoms with Crippen molar-refractivity contribution >= 4 is 6.09 Å². The molecular weight excluding hydrogens is 218 g/mol. The van der Waals surface area contributed by atoms with E-state index in [9.17, 15) is 4.79 Å². The van der Waals surface area contributed by atoms with Gasteiger partial charge in [0.1, 0.15) is 5.60 Å². The van der Waals surface area contributed by atoms with Gasteiger partial charge in [-0.25, -0.2) is 4.79 Å². The van der Waals surface area contributed by atoms with Gasteiger partial charge in [-0.1, -0.05) is 6.08 Å². The summed E-state index contributed by atoms with van der Waals surface area (Å²) in [6.07, 6.45) is 1.33. The first-order valence-electron chi connectivity index (χ1n) is 5.84. The number of ether oxygens (including phenoxy) is 1. The van der Waals surface area contributed by atoms with Crippen molar-refractivity contribution in [2.75, 3.05) is 13.1 Å². The molecule has 0 aromatic carbocycles. The number of hydrogen-bond acceptors (Lipinski definition) is 4. The lowest BCUT2D eigenvalue weighted by atomic mass is 10.1. The second-order valence-corrected chi connectivity index (χ2v) is 4.97. The zero-order valence-electron chi connectivity index (χ0n) is 11.2. The highest BCUT2D eigenvalue weighted by molar-refractivity contribution is 5.68. The van der Waals surface area contributed by atoms with E-state index >= 15 is 0 Å². The molecule has 0 bridgehead atoms. The summed E-state index contributed by atoms with van der Waals surface area (Å²) in [5.41, 5.74) is 5.14. The van der Waals surface area contributed by atoms with E-state index in [0.717, 1.165) is 0 Å². The number of amides is 1. The van der Waals surface area contributed by atoms with Crippen LogP contribution < -0.4 is 16.4 Å². The summed E-state index contributed by atoms with van der Waals surface area (Å²) < 4.78 is 5.17. The standard InChI is InChI=1S/C12H25N3O2/c1-6-7-14-10(8-13)9(2)15-11(16)17-12(3,4)5/h6,9-10,14H,1,7-8,13H2,2-5H3,(H,15,16). The highest BCUT2D eigenvalue weighted by Gasteiger charge is 2.21. The average molecular weight is 243 g/mol. The van der Waals surface area contributed by atoms with Gasteiger partial charge in [0, 0.05) is 25.2 Å². The lowest BCUT2D eigenvalue weighted by Crippen LogP contribution is -2.52. The minimum atomic E-state index is -0.490. The molecule has 17 heavy (non-hydrogen) atoms. The van der Waals surface area contributed by atoms with Gasteiger partial charge < -0.3 is 21.1 Å². The molecular formula is C12H25N3O2. The van der Waals surface area contributed by atoms with Gasteiger partial charge in [-0.05, 0) is 27.7 Å². The van der Waals surface area contributed by atoms with Crippen LogP contribution in [0, 0.1) is 0 Å². The first-order chi connectivity index (χ1) is 7.80. The number of nitrogens with one attached hydrogen (secondary N) is 2. The summed E-state index contributed by atoms with van der Waals surface area (Å²) in [6.45, 7) is 12.1. The molecule has 1 amide bonds. The maximum atomic E-state index is 11.5. The molecule has 0 aliphatic carbocycles. The van der Waals surface area contributed by atoms with Crippen molar-refractivity contribution in [3.63, 3.8) is 0 Å². The van der Waals surface area contributed by atoms with Crippen LogP contribution in [0.25, 0.3) is 0 Å². The van der Waals surface area contributed by atoms with E-state index in [1.165, 1.54) is 0 Å². The fourth-order valence-corrected chi connectivity index (χ4v) is 1.29. The van der Waals surface area contributed by atoms with E-state index in [4.69, 9.17) is 10.5 Å². The molecule has 0 aromatic rings. The van der Waals surface area contributed by atoms with Crippen molar-refractivity contribution in [1.82, 2.24) is 10.6 Å². The van der Waals surface area contributed by atoms with Gasteiger partial charge in [-0.3, -0.25) is 0 Å². The first kappa shape index (κ1) is 15.9. The van der Waals surface area contributed by atoms with Crippen LogP contribution in [0.15, 0.2) is 12.7 Å². The quantitative estimate of drug-likeness (QED) is 0.608. The Morgan fingerprint density at radius 3 is 2.53 bits per heavy atom. The van der Waals surface area contributed by atoms with Gasteiger partial charge >= 0.3 is 6.09 Å². The van der Waals surface area contributed by atoms with Gasteiger partial charge in [0.25, 0.3) is 0 Å². The van der Waals surface area contributed by atoms with Crippen LogP contribution in [0.2, 0.25) is 0 Å². The van der Waals surface area contributed by atoms with Crippen molar-refractivity contribution in [1.29, 1.82) is 0 Å². The summed E-state index contributed by atoms with van der Waals surface area (Å²) in [6, 6.07) is -0.102. The second kappa shape index (κ2) is 7.29. The Bertz CT molecular complexity index is 249. The Labute approximate surface area is 104 Å². The van der Waals surface area contributed by atoms with Crippen LogP contribution >= 0.6 is 0 Å². The maximum absolute atomic E-state index is 11.5. The van der Waals surface area contributed by atoms with Crippen molar-refractivity contribution in [2.45, 2.75) is 45.4 Å². The van der Waals surface area contributed by atoms with Gasteiger partial charge in [-0.2, -0.15) is 0 Å². The molecule has 100 valence electrons. The molecule has 0 spiro atoms. The van der Waals surface area contributed by atoms with Gasteiger partial charge in [0.2, 0.25) is 0 Å². The van der Waals surface area contributed by atoms with Crippen LogP contribution in [-0.4, -0.2) is 36.9 Å². The molecule has 0 radical (unpaired) electrons. The van der Waals surface area contributed by atoms with Crippen molar-refractivity contribution in [3.8, 4) is 0 Å². The molecule has 2 atom stereocenters. The highest BCUT2D eigenvalue weighted by atomic mass is 16.6. The van der Waals surface area contributed by atoms with Gasteiger partial charge in [0.15, 0.2) is 0 Å². The fourth-order valence-electron chi connectivity index (χ4n) is 1.29. The SMILES string of the molecule is C=CCNC(CN)C(C)NC(=O)OC(C)(C)C. The number of rotatable bonds is 6. The zero-order valence-corrected chi connectivity index (χ0v) is 11.2. The first-order valence-corrected chi connectivity index (χ1v) is 5.84. The Morgan fingerprint density at radius 1 is 1.53 bits per heavy atom. The molecule has 0 rings (SSSR count). The Morgan fingerprint density at radius 2 is 2.12 bits per heavy atom. The minimum absolute atomic E-state index is 0.000480. The number of carbonyl (C=O) groups is 1. The maximum Gasteiger partial charge on any atom is 0.407 e. The number of nitrogens with two attached hydrogens (primary N) is 1. The van der Waals surface area contributed by atoms with E-state index in [1.807, 2.05) is 27.7 Å². The summed E-state index contributed by atoms with van der Waals surface area (Å²) in [5.74, 6) is 0. The Kier molecular flexibility index (Phi) is 6.83. The molecule has 0 saturated heterocycles. The van der Waals surface area contributed by atoms with E-state index in [-0.39, 0.29) is 12.1 Å². The smallest absolute Gasteiger partial charge is 0.407 e. The minimum Gasteiger partial charge on any atom is -0.444 e. The van der Waals surface area contributed by atoms with E-state index in [1.54, 1.807) is 6.08 Å². The van der Waals surface area contributed by atoms with Gasteiger partial charge in [0.05, 0.1) is 0 Å². The molecule has 5 heteroatoms. The van der Waals surface area contributed by atoms with Crippen LogP contribution in [0.5, 0.6) is 0 Å². The summed E-state index contributed by atoms with van der Waals surface area (Å²) >= 11 is 0. The molecule has 0 saturated carbocycles. The molecule has 0 aliphatic rings.